The summed E-state index contributed by atoms with van der Waals surface area (Å²) in [6.07, 6.45) is 0. The highest BCUT2D eigenvalue weighted by atomic mass is 19.2. The van der Waals surface area contributed by atoms with Crippen LogP contribution < -0.4 is 4.90 Å². The van der Waals surface area contributed by atoms with Crippen molar-refractivity contribution in [3.8, 4) is 0 Å². The number of aliphatic hydroxyl groups is 1. The average Bonchev–Trinajstić information content (AvgIpc) is 3.11. The van der Waals surface area contributed by atoms with Crippen LogP contribution in [0.4, 0.5) is 14.5 Å². The zero-order chi connectivity index (χ0) is 23.1. The molecule has 0 bridgehead atoms. The van der Waals surface area contributed by atoms with Crippen LogP contribution in [0.15, 0.2) is 96.6 Å². The Hall–Kier alpha value is -4.32. The molecule has 0 spiro atoms. The van der Waals surface area contributed by atoms with Crippen molar-refractivity contribution in [2.45, 2.75) is 6.04 Å². The molecular formula is C27H17F2NO3. The minimum Gasteiger partial charge on any atom is -0.507 e. The predicted octanol–water partition coefficient (Wildman–Crippen LogP) is 5.74. The summed E-state index contributed by atoms with van der Waals surface area (Å²) in [5, 5.41) is 13.0. The number of ketones is 1. The molecule has 4 aromatic rings. The normalized spacial score (nSPS) is 17.6. The number of halogens is 2. The van der Waals surface area contributed by atoms with Crippen LogP contribution in [0.25, 0.3) is 16.5 Å². The molecule has 0 aromatic heterocycles. The van der Waals surface area contributed by atoms with Crippen molar-refractivity contribution in [3.05, 3.63) is 119 Å². The number of benzene rings is 4. The monoisotopic (exact) mass is 441 g/mol. The third-order valence-electron chi connectivity index (χ3n) is 5.76. The Kier molecular flexibility index (Phi) is 4.98. The number of amides is 1. The Balaban J connectivity index is 1.73. The Labute approximate surface area is 188 Å². The predicted molar refractivity (Wildman–Crippen MR) is 122 cm³/mol. The number of fused-ring (bicyclic) bond motifs is 1. The lowest BCUT2D eigenvalue weighted by Gasteiger charge is -2.25. The van der Waals surface area contributed by atoms with Gasteiger partial charge < -0.3 is 5.11 Å². The van der Waals surface area contributed by atoms with E-state index in [-0.39, 0.29) is 17.0 Å². The molecule has 1 aliphatic heterocycles. The van der Waals surface area contributed by atoms with Gasteiger partial charge in [-0.3, -0.25) is 14.5 Å². The highest BCUT2D eigenvalue weighted by molar-refractivity contribution is 6.51. The number of hydrogen-bond acceptors (Lipinski definition) is 3. The van der Waals surface area contributed by atoms with Gasteiger partial charge in [0.05, 0.1) is 11.6 Å². The molecule has 5 rings (SSSR count). The first-order chi connectivity index (χ1) is 16.0. The van der Waals surface area contributed by atoms with Crippen LogP contribution in [0.3, 0.4) is 0 Å². The molecule has 0 aliphatic carbocycles. The Bertz CT molecular complexity index is 1450. The van der Waals surface area contributed by atoms with Gasteiger partial charge in [-0.25, -0.2) is 8.78 Å². The van der Waals surface area contributed by atoms with Crippen LogP contribution in [0.2, 0.25) is 0 Å². The Morgan fingerprint density at radius 1 is 0.758 bits per heavy atom. The number of hydrogen-bond donors (Lipinski definition) is 1. The number of anilines is 1. The molecule has 1 heterocycles. The van der Waals surface area contributed by atoms with Gasteiger partial charge in [0.2, 0.25) is 0 Å². The van der Waals surface area contributed by atoms with E-state index in [1.807, 2.05) is 30.3 Å². The van der Waals surface area contributed by atoms with Gasteiger partial charge in [0.15, 0.2) is 11.6 Å². The number of carbonyl (C=O) groups is 2. The standard InChI is InChI=1S/C27H17F2NO3/c28-21-13-12-20(15-22(21)29)30-24(17-7-2-1-3-8-17)23(26(32)27(30)33)25(31)19-11-10-16-6-4-5-9-18(16)14-19/h1-15,24,31H/b25-23-. The van der Waals surface area contributed by atoms with Gasteiger partial charge in [-0.1, -0.05) is 66.7 Å². The number of carbonyl (C=O) groups excluding carboxylic acids is 2. The smallest absolute Gasteiger partial charge is 0.300 e. The van der Waals surface area contributed by atoms with Gasteiger partial charge in [0.25, 0.3) is 11.7 Å². The van der Waals surface area contributed by atoms with Gasteiger partial charge in [-0.05, 0) is 34.5 Å². The van der Waals surface area contributed by atoms with Crippen LogP contribution in [0.5, 0.6) is 0 Å². The fourth-order valence-electron chi connectivity index (χ4n) is 4.18. The maximum Gasteiger partial charge on any atom is 0.300 e. The van der Waals surface area contributed by atoms with Gasteiger partial charge in [-0.15, -0.1) is 0 Å². The lowest BCUT2D eigenvalue weighted by atomic mass is 9.94. The molecule has 4 nitrogen and oxygen atoms in total. The summed E-state index contributed by atoms with van der Waals surface area (Å²) in [7, 11) is 0. The second-order valence-electron chi connectivity index (χ2n) is 7.74. The molecule has 1 saturated heterocycles. The molecule has 1 N–H and O–H groups in total. The SMILES string of the molecule is O=C1C(=O)N(c2ccc(F)c(F)c2)C(c2ccccc2)/C1=C(/O)c1ccc2ccccc2c1. The second kappa shape index (κ2) is 7.98. The van der Waals surface area contributed by atoms with Crippen LogP contribution in [-0.2, 0) is 9.59 Å². The topological polar surface area (TPSA) is 57.6 Å². The molecule has 1 aliphatic rings. The van der Waals surface area contributed by atoms with Crippen molar-refractivity contribution in [1.29, 1.82) is 0 Å². The van der Waals surface area contributed by atoms with Crippen molar-refractivity contribution in [2.24, 2.45) is 0 Å². The van der Waals surface area contributed by atoms with Crippen molar-refractivity contribution in [1.82, 2.24) is 0 Å². The van der Waals surface area contributed by atoms with Crippen LogP contribution in [-0.4, -0.2) is 16.8 Å². The van der Waals surface area contributed by atoms with Crippen molar-refractivity contribution >= 4 is 33.9 Å². The van der Waals surface area contributed by atoms with E-state index in [4.69, 9.17) is 0 Å². The molecule has 0 saturated carbocycles. The first-order valence-electron chi connectivity index (χ1n) is 10.3. The minimum absolute atomic E-state index is 0.0161. The van der Waals surface area contributed by atoms with E-state index in [0.29, 0.717) is 11.1 Å². The Morgan fingerprint density at radius 3 is 2.18 bits per heavy atom. The summed E-state index contributed by atoms with van der Waals surface area (Å²) in [6, 6.07) is 23.4. The van der Waals surface area contributed by atoms with Gasteiger partial charge in [0.1, 0.15) is 5.76 Å². The highest BCUT2D eigenvalue weighted by Crippen LogP contribution is 2.42. The lowest BCUT2D eigenvalue weighted by molar-refractivity contribution is -0.132. The molecule has 162 valence electrons. The maximum absolute atomic E-state index is 14.0. The number of aliphatic hydroxyl groups excluding tert-OH is 1. The van der Waals surface area contributed by atoms with E-state index in [2.05, 4.69) is 0 Å². The molecule has 1 fully saturated rings. The van der Waals surface area contributed by atoms with Gasteiger partial charge in [0, 0.05) is 17.3 Å². The maximum atomic E-state index is 14.0. The first kappa shape index (κ1) is 20.6. The molecular weight excluding hydrogens is 424 g/mol. The average molecular weight is 441 g/mol. The van der Waals surface area contributed by atoms with Crippen molar-refractivity contribution in [2.75, 3.05) is 4.90 Å². The van der Waals surface area contributed by atoms with Crippen molar-refractivity contribution < 1.29 is 23.5 Å². The number of nitrogens with zero attached hydrogens (tertiary/aromatic N) is 1. The summed E-state index contributed by atoms with van der Waals surface area (Å²) in [5.41, 5.74) is 0.815. The molecule has 6 heteroatoms. The number of Topliss-reactive ketones (excluding diaryl/α,β-unsaturated/α-hetero) is 1. The molecule has 4 aromatic carbocycles. The highest BCUT2D eigenvalue weighted by Gasteiger charge is 2.47. The van der Waals surface area contributed by atoms with Gasteiger partial charge in [-0.2, -0.15) is 0 Å². The van der Waals surface area contributed by atoms with Crippen LogP contribution in [0, 0.1) is 11.6 Å². The van der Waals surface area contributed by atoms with Crippen LogP contribution in [0.1, 0.15) is 17.2 Å². The molecule has 0 radical (unpaired) electrons. The summed E-state index contributed by atoms with van der Waals surface area (Å²) in [4.78, 5) is 27.3. The zero-order valence-electron chi connectivity index (χ0n) is 17.2. The van der Waals surface area contributed by atoms with E-state index >= 15 is 0 Å². The molecule has 1 amide bonds. The van der Waals surface area contributed by atoms with E-state index in [0.717, 1.165) is 27.8 Å². The summed E-state index contributed by atoms with van der Waals surface area (Å²) >= 11 is 0. The largest absolute Gasteiger partial charge is 0.507 e. The molecule has 1 atom stereocenters. The minimum atomic E-state index is -1.14. The third kappa shape index (κ3) is 3.46. The van der Waals surface area contributed by atoms with Crippen molar-refractivity contribution in [3.63, 3.8) is 0 Å². The van der Waals surface area contributed by atoms with E-state index in [1.54, 1.807) is 42.5 Å². The first-order valence-corrected chi connectivity index (χ1v) is 10.3. The van der Waals surface area contributed by atoms with E-state index in [1.165, 1.54) is 6.07 Å². The quantitative estimate of drug-likeness (QED) is 0.250. The fourth-order valence-corrected chi connectivity index (χ4v) is 4.18. The second-order valence-corrected chi connectivity index (χ2v) is 7.74. The Morgan fingerprint density at radius 2 is 1.45 bits per heavy atom. The summed E-state index contributed by atoms with van der Waals surface area (Å²) in [6.45, 7) is 0. The lowest BCUT2D eigenvalue weighted by Crippen LogP contribution is -2.29. The third-order valence-corrected chi connectivity index (χ3v) is 5.76. The molecule has 33 heavy (non-hydrogen) atoms. The van der Waals surface area contributed by atoms with E-state index in [9.17, 15) is 23.5 Å². The summed E-state index contributed by atoms with van der Waals surface area (Å²) < 4.78 is 27.5. The summed E-state index contributed by atoms with van der Waals surface area (Å²) in [5.74, 6) is -4.38. The van der Waals surface area contributed by atoms with Gasteiger partial charge >= 0.3 is 0 Å². The van der Waals surface area contributed by atoms with Crippen LogP contribution >= 0.6 is 0 Å². The zero-order valence-corrected chi connectivity index (χ0v) is 17.2. The fraction of sp³-hybridized carbons (Fsp3) is 0.0370. The number of rotatable bonds is 3. The van der Waals surface area contributed by atoms with E-state index < -0.39 is 29.4 Å². The molecule has 1 unspecified atom stereocenters.